The summed E-state index contributed by atoms with van der Waals surface area (Å²) < 4.78 is 5.27. The Balaban J connectivity index is 1.53. The van der Waals surface area contributed by atoms with Crippen molar-refractivity contribution < 1.29 is 4.74 Å². The van der Waals surface area contributed by atoms with Crippen molar-refractivity contribution in [3.63, 3.8) is 0 Å². The number of nitrogens with two attached hydrogens (primary N) is 1. The van der Waals surface area contributed by atoms with E-state index in [1.54, 1.807) is 13.3 Å². The number of hydrogen-bond donors (Lipinski definition) is 4. The normalized spacial score (nSPS) is 23.7. The standard InChI is InChI=1S/C17H26N6O/c1-24-15-5-2-4-14(12-15)17(18)21-8-6-16(22-17)20-7-3-10-23-11-9-19-13-23/h2,4-6,8,12,19-20,22H,3,7,9-11,13,18H2,1H3. The van der Waals surface area contributed by atoms with Crippen LogP contribution in [-0.4, -0.2) is 51.1 Å². The monoisotopic (exact) mass is 330 g/mol. The maximum atomic E-state index is 6.44. The molecular weight excluding hydrogens is 304 g/mol. The van der Waals surface area contributed by atoms with E-state index in [1.807, 2.05) is 30.3 Å². The molecule has 0 bridgehead atoms. The third-order valence-corrected chi connectivity index (χ3v) is 4.26. The molecule has 1 aromatic carbocycles. The number of allylic oxidation sites excluding steroid dienone is 1. The minimum absolute atomic E-state index is 0.762. The van der Waals surface area contributed by atoms with E-state index >= 15 is 0 Å². The number of hydrogen-bond acceptors (Lipinski definition) is 7. The van der Waals surface area contributed by atoms with E-state index < -0.39 is 5.79 Å². The van der Waals surface area contributed by atoms with Gasteiger partial charge in [0, 0.05) is 44.6 Å². The zero-order chi connectivity index (χ0) is 16.8. The lowest BCUT2D eigenvalue weighted by Crippen LogP contribution is -2.52. The summed E-state index contributed by atoms with van der Waals surface area (Å²) in [5.74, 6) is 0.664. The molecule has 0 saturated carbocycles. The van der Waals surface area contributed by atoms with E-state index in [0.29, 0.717) is 0 Å². The Morgan fingerprint density at radius 3 is 3.17 bits per heavy atom. The van der Waals surface area contributed by atoms with Crippen LogP contribution in [0.1, 0.15) is 12.0 Å². The average molecular weight is 330 g/mol. The van der Waals surface area contributed by atoms with Crippen LogP contribution in [0.25, 0.3) is 0 Å². The highest BCUT2D eigenvalue weighted by Crippen LogP contribution is 2.23. The first-order chi connectivity index (χ1) is 11.7. The molecule has 130 valence electrons. The van der Waals surface area contributed by atoms with E-state index in [9.17, 15) is 0 Å². The molecule has 2 heterocycles. The predicted octanol–water partition coefficient (Wildman–Crippen LogP) is 0.122. The Bertz CT molecular complexity index is 611. The van der Waals surface area contributed by atoms with Gasteiger partial charge in [0.15, 0.2) is 0 Å². The lowest BCUT2D eigenvalue weighted by molar-refractivity contribution is 0.325. The lowest BCUT2D eigenvalue weighted by atomic mass is 10.1. The van der Waals surface area contributed by atoms with Gasteiger partial charge < -0.3 is 20.7 Å². The van der Waals surface area contributed by atoms with Crippen LogP contribution in [0, 0.1) is 0 Å². The second-order valence-corrected chi connectivity index (χ2v) is 6.04. The van der Waals surface area contributed by atoms with Gasteiger partial charge in [0.2, 0.25) is 5.79 Å². The van der Waals surface area contributed by atoms with Crippen molar-refractivity contribution >= 4 is 6.21 Å². The summed E-state index contributed by atoms with van der Waals surface area (Å²) >= 11 is 0. The second-order valence-electron chi connectivity index (χ2n) is 6.04. The van der Waals surface area contributed by atoms with Crippen LogP contribution in [0.2, 0.25) is 0 Å². The summed E-state index contributed by atoms with van der Waals surface area (Å²) in [6.45, 7) is 5.19. The van der Waals surface area contributed by atoms with Gasteiger partial charge in [0.05, 0.1) is 7.11 Å². The van der Waals surface area contributed by atoms with Crippen molar-refractivity contribution in [1.29, 1.82) is 0 Å². The van der Waals surface area contributed by atoms with E-state index in [-0.39, 0.29) is 0 Å². The topological polar surface area (TPSA) is 86.9 Å². The number of benzene rings is 1. The molecule has 7 heteroatoms. The maximum Gasteiger partial charge on any atom is 0.210 e. The Labute approximate surface area is 143 Å². The quantitative estimate of drug-likeness (QED) is 0.532. The van der Waals surface area contributed by atoms with Crippen LogP contribution in [0.4, 0.5) is 0 Å². The first kappa shape index (κ1) is 16.8. The fourth-order valence-corrected chi connectivity index (χ4v) is 2.89. The number of nitrogens with zero attached hydrogens (tertiary/aromatic N) is 2. The van der Waals surface area contributed by atoms with Gasteiger partial charge in [-0.15, -0.1) is 0 Å². The number of ether oxygens (including phenoxy) is 1. The molecule has 1 aromatic rings. The molecular formula is C17H26N6O. The Hall–Kier alpha value is -2.09. The van der Waals surface area contributed by atoms with Crippen molar-refractivity contribution in [2.75, 3.05) is 40.0 Å². The number of methoxy groups -OCH3 is 1. The lowest BCUT2D eigenvalue weighted by Gasteiger charge is -2.32. The summed E-state index contributed by atoms with van der Waals surface area (Å²) in [7, 11) is 1.64. The third-order valence-electron chi connectivity index (χ3n) is 4.26. The minimum Gasteiger partial charge on any atom is -0.497 e. The summed E-state index contributed by atoms with van der Waals surface area (Å²) in [4.78, 5) is 6.81. The molecule has 5 N–H and O–H groups in total. The van der Waals surface area contributed by atoms with Gasteiger partial charge in [-0.2, -0.15) is 0 Å². The van der Waals surface area contributed by atoms with Gasteiger partial charge in [-0.3, -0.25) is 10.6 Å². The van der Waals surface area contributed by atoms with Gasteiger partial charge in [0.25, 0.3) is 0 Å². The summed E-state index contributed by atoms with van der Waals surface area (Å²) in [6.07, 6.45) is 4.72. The number of aliphatic imine (C=N–C) groups is 1. The largest absolute Gasteiger partial charge is 0.497 e. The average Bonchev–Trinajstić information content (AvgIpc) is 3.12. The summed E-state index contributed by atoms with van der Waals surface area (Å²) in [5, 5.41) is 10.0. The summed E-state index contributed by atoms with van der Waals surface area (Å²) in [5.41, 5.74) is 7.29. The molecule has 3 rings (SSSR count). The molecule has 1 saturated heterocycles. The molecule has 0 aromatic heterocycles. The highest BCUT2D eigenvalue weighted by atomic mass is 16.5. The van der Waals surface area contributed by atoms with Crippen molar-refractivity contribution in [2.45, 2.75) is 12.2 Å². The van der Waals surface area contributed by atoms with Crippen molar-refractivity contribution in [3.8, 4) is 5.75 Å². The smallest absolute Gasteiger partial charge is 0.210 e. The Kier molecular flexibility index (Phi) is 5.34. The van der Waals surface area contributed by atoms with Crippen LogP contribution in [0.15, 0.2) is 41.2 Å². The van der Waals surface area contributed by atoms with Gasteiger partial charge >= 0.3 is 0 Å². The van der Waals surface area contributed by atoms with Crippen LogP contribution < -0.4 is 26.4 Å². The molecule has 7 nitrogen and oxygen atoms in total. The molecule has 0 radical (unpaired) electrons. The van der Waals surface area contributed by atoms with E-state index in [2.05, 4.69) is 25.8 Å². The summed E-state index contributed by atoms with van der Waals surface area (Å²) in [6, 6.07) is 7.64. The highest BCUT2D eigenvalue weighted by molar-refractivity contribution is 5.73. The zero-order valence-electron chi connectivity index (χ0n) is 14.1. The number of nitrogens with one attached hydrogen (secondary N) is 3. The van der Waals surface area contributed by atoms with E-state index in [0.717, 1.165) is 56.4 Å². The molecule has 1 unspecified atom stereocenters. The first-order valence-electron chi connectivity index (χ1n) is 8.34. The molecule has 1 fully saturated rings. The number of rotatable bonds is 7. The minimum atomic E-state index is -0.982. The molecule has 2 aliphatic heterocycles. The fraction of sp³-hybridized carbons (Fsp3) is 0.471. The second kappa shape index (κ2) is 7.65. The fourth-order valence-electron chi connectivity index (χ4n) is 2.89. The molecule has 0 spiro atoms. The van der Waals surface area contributed by atoms with Crippen LogP contribution >= 0.6 is 0 Å². The highest BCUT2D eigenvalue weighted by Gasteiger charge is 2.28. The first-order valence-corrected chi connectivity index (χ1v) is 8.34. The zero-order valence-corrected chi connectivity index (χ0v) is 14.1. The van der Waals surface area contributed by atoms with E-state index in [4.69, 9.17) is 10.5 Å². The van der Waals surface area contributed by atoms with Crippen LogP contribution in [-0.2, 0) is 5.79 Å². The molecule has 0 amide bonds. The van der Waals surface area contributed by atoms with Crippen molar-refractivity contribution in [2.24, 2.45) is 10.7 Å². The molecule has 0 aliphatic carbocycles. The third kappa shape index (κ3) is 4.05. The Morgan fingerprint density at radius 1 is 1.46 bits per heavy atom. The van der Waals surface area contributed by atoms with Crippen molar-refractivity contribution in [1.82, 2.24) is 20.9 Å². The molecule has 1 atom stereocenters. The van der Waals surface area contributed by atoms with Gasteiger partial charge in [-0.1, -0.05) is 12.1 Å². The van der Waals surface area contributed by atoms with Crippen LogP contribution in [0.5, 0.6) is 5.75 Å². The van der Waals surface area contributed by atoms with Crippen LogP contribution in [0.3, 0.4) is 0 Å². The molecule has 2 aliphatic rings. The predicted molar refractivity (Wildman–Crippen MR) is 95.6 cm³/mol. The van der Waals surface area contributed by atoms with E-state index in [1.165, 1.54) is 0 Å². The molecule has 24 heavy (non-hydrogen) atoms. The SMILES string of the molecule is COc1cccc(C2(N)N=CC=C(NCCCN3CCNC3)N2)c1. The van der Waals surface area contributed by atoms with Crippen molar-refractivity contribution in [3.05, 3.63) is 41.7 Å². The maximum absolute atomic E-state index is 6.44. The van der Waals surface area contributed by atoms with Gasteiger partial charge in [0.1, 0.15) is 11.6 Å². The van der Waals surface area contributed by atoms with Gasteiger partial charge in [-0.25, -0.2) is 4.99 Å². The Morgan fingerprint density at radius 2 is 2.38 bits per heavy atom. The van der Waals surface area contributed by atoms with Gasteiger partial charge in [-0.05, 0) is 24.6 Å².